The summed E-state index contributed by atoms with van der Waals surface area (Å²) in [7, 11) is 0. The molecule has 1 aromatic carbocycles. The normalized spacial score (nSPS) is 9.31. The Morgan fingerprint density at radius 1 is 1.38 bits per heavy atom. The predicted molar refractivity (Wildman–Crippen MR) is 49.3 cm³/mol. The number of hydrogen-bond donors (Lipinski definition) is 2. The highest BCUT2D eigenvalue weighted by molar-refractivity contribution is 9.10. The lowest BCUT2D eigenvalue weighted by Gasteiger charge is -2.02. The maximum absolute atomic E-state index is 9.82. The average Bonchev–Trinajstić information content (AvgIpc) is 2.09. The van der Waals surface area contributed by atoms with Gasteiger partial charge in [0.1, 0.15) is 0 Å². The number of phenols is 2. The van der Waals surface area contributed by atoms with Crippen LogP contribution in [0, 0.1) is 0 Å². The van der Waals surface area contributed by atoms with Crippen molar-refractivity contribution in [3.63, 3.8) is 0 Å². The second-order valence-electron chi connectivity index (χ2n) is 2.34. The van der Waals surface area contributed by atoms with Crippen molar-refractivity contribution in [2.75, 3.05) is 0 Å². The molecule has 13 heavy (non-hydrogen) atoms. The number of isocyanates is 1. The maximum atomic E-state index is 9.82. The standard InChI is InChI=1S/C8H6BrNO3/c9-6-2-8(13)7(12)1-5(6)3-10-4-11/h1-2,12-13H,3H2. The smallest absolute Gasteiger partial charge is 0.235 e. The zero-order valence-electron chi connectivity index (χ0n) is 6.49. The molecule has 0 aromatic heterocycles. The van der Waals surface area contributed by atoms with Crippen LogP contribution in [0.1, 0.15) is 5.56 Å². The molecule has 0 unspecified atom stereocenters. The van der Waals surface area contributed by atoms with E-state index in [2.05, 4.69) is 20.9 Å². The monoisotopic (exact) mass is 243 g/mol. The van der Waals surface area contributed by atoms with Gasteiger partial charge >= 0.3 is 0 Å². The fraction of sp³-hybridized carbons (Fsp3) is 0.125. The lowest BCUT2D eigenvalue weighted by Crippen LogP contribution is -1.83. The molecule has 5 heteroatoms. The summed E-state index contributed by atoms with van der Waals surface area (Å²) < 4.78 is 0.585. The molecule has 0 spiro atoms. The number of hydrogen-bond acceptors (Lipinski definition) is 4. The molecule has 0 bridgehead atoms. The molecule has 0 heterocycles. The summed E-state index contributed by atoms with van der Waals surface area (Å²) in [5.41, 5.74) is 0.610. The minimum Gasteiger partial charge on any atom is -0.504 e. The summed E-state index contributed by atoms with van der Waals surface area (Å²) in [5.74, 6) is -0.454. The molecule has 0 aliphatic carbocycles. The van der Waals surface area contributed by atoms with Gasteiger partial charge in [-0.3, -0.25) is 0 Å². The van der Waals surface area contributed by atoms with Gasteiger partial charge in [0.2, 0.25) is 6.08 Å². The fourth-order valence-corrected chi connectivity index (χ4v) is 1.29. The topological polar surface area (TPSA) is 69.9 Å². The van der Waals surface area contributed by atoms with E-state index in [0.29, 0.717) is 10.0 Å². The van der Waals surface area contributed by atoms with Crippen LogP contribution in [0.15, 0.2) is 21.6 Å². The van der Waals surface area contributed by atoms with Crippen LogP contribution in [0.25, 0.3) is 0 Å². The maximum Gasteiger partial charge on any atom is 0.235 e. The molecule has 1 aromatic rings. The van der Waals surface area contributed by atoms with E-state index >= 15 is 0 Å². The van der Waals surface area contributed by atoms with E-state index < -0.39 is 0 Å². The van der Waals surface area contributed by atoms with Crippen LogP contribution in [0.2, 0.25) is 0 Å². The van der Waals surface area contributed by atoms with Crippen molar-refractivity contribution in [2.45, 2.75) is 6.54 Å². The minimum atomic E-state index is -0.237. The van der Waals surface area contributed by atoms with E-state index in [0.717, 1.165) is 0 Å². The molecule has 0 aliphatic rings. The Hall–Kier alpha value is -1.32. The number of phenolic OH excluding ortho intramolecular Hbond substituents is 2. The molecule has 0 radical (unpaired) electrons. The first-order valence-corrected chi connectivity index (χ1v) is 4.18. The molecule has 4 nitrogen and oxygen atoms in total. The Bertz CT molecular complexity index is 372. The van der Waals surface area contributed by atoms with Crippen molar-refractivity contribution in [2.24, 2.45) is 4.99 Å². The molecule has 1 rings (SSSR count). The van der Waals surface area contributed by atoms with E-state index in [4.69, 9.17) is 10.2 Å². The SMILES string of the molecule is O=C=NCc1cc(O)c(O)cc1Br. The van der Waals surface area contributed by atoms with Crippen molar-refractivity contribution in [1.82, 2.24) is 0 Å². The predicted octanol–water partition coefficient (Wildman–Crippen LogP) is 1.70. The van der Waals surface area contributed by atoms with Crippen LogP contribution in [0.5, 0.6) is 11.5 Å². The highest BCUT2D eigenvalue weighted by Gasteiger charge is 2.05. The molecule has 0 amide bonds. The lowest BCUT2D eigenvalue weighted by molar-refractivity contribution is 0.403. The first kappa shape index (κ1) is 9.77. The summed E-state index contributed by atoms with van der Waals surface area (Å²) >= 11 is 3.15. The first-order chi connectivity index (χ1) is 6.15. The van der Waals surface area contributed by atoms with Gasteiger partial charge in [0, 0.05) is 4.47 Å². The van der Waals surface area contributed by atoms with E-state index in [-0.39, 0.29) is 18.0 Å². The molecule has 0 saturated carbocycles. The number of nitrogens with zero attached hydrogens (tertiary/aromatic N) is 1. The van der Waals surface area contributed by atoms with Crippen LogP contribution < -0.4 is 0 Å². The van der Waals surface area contributed by atoms with Crippen LogP contribution in [-0.4, -0.2) is 16.3 Å². The Kier molecular flexibility index (Phi) is 3.06. The van der Waals surface area contributed by atoms with Gasteiger partial charge in [0.15, 0.2) is 11.5 Å². The molecule has 0 aliphatic heterocycles. The molecule has 68 valence electrons. The molecule has 0 fully saturated rings. The zero-order chi connectivity index (χ0) is 9.84. The van der Waals surface area contributed by atoms with Gasteiger partial charge in [0.25, 0.3) is 0 Å². The van der Waals surface area contributed by atoms with Crippen LogP contribution in [0.4, 0.5) is 0 Å². The number of rotatable bonds is 2. The van der Waals surface area contributed by atoms with Crippen molar-refractivity contribution in [1.29, 1.82) is 0 Å². The first-order valence-electron chi connectivity index (χ1n) is 3.39. The Labute approximate surface area is 82.7 Å². The summed E-state index contributed by atoms with van der Waals surface area (Å²) in [6.07, 6.45) is 1.39. The summed E-state index contributed by atoms with van der Waals surface area (Å²) in [6.45, 7) is 0.123. The molecule has 2 N–H and O–H groups in total. The van der Waals surface area contributed by atoms with Crippen LogP contribution in [-0.2, 0) is 11.3 Å². The van der Waals surface area contributed by atoms with Crippen molar-refractivity contribution >= 4 is 22.0 Å². The van der Waals surface area contributed by atoms with Gasteiger partial charge in [-0.15, -0.1) is 0 Å². The summed E-state index contributed by atoms with van der Waals surface area (Å²) in [4.78, 5) is 13.2. The van der Waals surface area contributed by atoms with E-state index in [1.165, 1.54) is 18.2 Å². The third-order valence-corrected chi connectivity index (χ3v) is 2.20. The minimum absolute atomic E-state index is 0.123. The van der Waals surface area contributed by atoms with Gasteiger partial charge < -0.3 is 10.2 Å². The van der Waals surface area contributed by atoms with E-state index in [9.17, 15) is 4.79 Å². The zero-order valence-corrected chi connectivity index (χ0v) is 8.08. The van der Waals surface area contributed by atoms with Crippen molar-refractivity contribution < 1.29 is 15.0 Å². The number of aromatic hydroxyl groups is 2. The third kappa shape index (κ3) is 2.31. The second-order valence-corrected chi connectivity index (χ2v) is 3.19. The average molecular weight is 244 g/mol. The van der Waals surface area contributed by atoms with E-state index in [1.54, 1.807) is 0 Å². The number of halogens is 1. The largest absolute Gasteiger partial charge is 0.504 e. The fourth-order valence-electron chi connectivity index (χ4n) is 0.833. The third-order valence-electron chi connectivity index (χ3n) is 1.46. The Balaban J connectivity index is 3.07. The van der Waals surface area contributed by atoms with Gasteiger partial charge in [-0.1, -0.05) is 15.9 Å². The highest BCUT2D eigenvalue weighted by atomic mass is 79.9. The molecule has 0 atom stereocenters. The Morgan fingerprint density at radius 3 is 2.62 bits per heavy atom. The van der Waals surface area contributed by atoms with Crippen molar-refractivity contribution in [3.05, 3.63) is 22.2 Å². The van der Waals surface area contributed by atoms with Crippen molar-refractivity contribution in [3.8, 4) is 11.5 Å². The van der Waals surface area contributed by atoms with Crippen LogP contribution in [0.3, 0.4) is 0 Å². The summed E-state index contributed by atoms with van der Waals surface area (Å²) in [5, 5.41) is 18.2. The molecular weight excluding hydrogens is 238 g/mol. The van der Waals surface area contributed by atoms with Gasteiger partial charge in [0.05, 0.1) is 6.54 Å². The van der Waals surface area contributed by atoms with Gasteiger partial charge in [-0.25, -0.2) is 9.79 Å². The second kappa shape index (κ2) is 4.07. The van der Waals surface area contributed by atoms with Gasteiger partial charge in [-0.05, 0) is 17.7 Å². The molecular formula is C8H6BrNO3. The lowest BCUT2D eigenvalue weighted by atomic mass is 10.2. The molecule has 0 saturated heterocycles. The van der Waals surface area contributed by atoms with Crippen LogP contribution >= 0.6 is 15.9 Å². The highest BCUT2D eigenvalue weighted by Crippen LogP contribution is 2.31. The number of aliphatic imine (C=N–C) groups is 1. The summed E-state index contributed by atoms with van der Waals surface area (Å²) in [6, 6.07) is 2.67. The van der Waals surface area contributed by atoms with Gasteiger partial charge in [-0.2, -0.15) is 0 Å². The number of carbonyl (C=O) groups excluding carboxylic acids is 1. The quantitative estimate of drug-likeness (QED) is 0.472. The number of benzene rings is 1. The Morgan fingerprint density at radius 2 is 2.00 bits per heavy atom. The van der Waals surface area contributed by atoms with E-state index in [1.807, 2.05) is 0 Å².